The number of hydrogen-bond acceptors (Lipinski definition) is 8. The Morgan fingerprint density at radius 1 is 1.46 bits per heavy atom. The minimum absolute atomic E-state index is 0.0432. The predicted octanol–water partition coefficient (Wildman–Crippen LogP) is -0.684. The van der Waals surface area contributed by atoms with E-state index in [1.54, 1.807) is 12.2 Å². The Morgan fingerprint density at radius 2 is 2.23 bits per heavy atom. The zero-order valence-corrected chi connectivity index (χ0v) is 15.2. The molecule has 1 amide bonds. The van der Waals surface area contributed by atoms with E-state index >= 15 is 0 Å². The average molecular weight is 384 g/mol. The fraction of sp³-hybridized carbons (Fsp3) is 0.562. The molecule has 2 rings (SSSR count). The third-order valence-corrected chi connectivity index (χ3v) is 4.81. The van der Waals surface area contributed by atoms with Crippen molar-refractivity contribution in [2.45, 2.75) is 44.2 Å². The lowest BCUT2D eigenvalue weighted by atomic mass is 9.77. The first-order valence-corrected chi connectivity index (χ1v) is 9.30. The fourth-order valence-corrected chi connectivity index (χ4v) is 3.51. The molecule has 1 aliphatic rings. The molecule has 0 bridgehead atoms. The summed E-state index contributed by atoms with van der Waals surface area (Å²) in [5.41, 5.74) is 5.37. The Labute approximate surface area is 156 Å². The van der Waals surface area contributed by atoms with E-state index in [2.05, 4.69) is 5.32 Å². The highest BCUT2D eigenvalue weighted by molar-refractivity contribution is 7.12. The van der Waals surface area contributed by atoms with Crippen molar-refractivity contribution in [1.29, 1.82) is 0 Å². The summed E-state index contributed by atoms with van der Waals surface area (Å²) in [4.78, 5) is 14.2. The normalized spacial score (nSPS) is 20.4. The Kier molecular flexibility index (Phi) is 8.72. The standard InChI is InChI=1S/C16H25BN2O6S/c18-6-7-24-10-13-5-4-12(26-13)9-15(20)19-14-3-1-2-11(8-16(21)22)25-17(14)23/h1-2,4-5,11,14,16,21-23H,3,6-10,18H2,(H,19,20)/t11-,14+/m1/s1. The second-order valence-electron chi connectivity index (χ2n) is 6.01. The number of carbonyl (C=O) groups is 1. The van der Waals surface area contributed by atoms with Gasteiger partial charge in [0.2, 0.25) is 5.91 Å². The summed E-state index contributed by atoms with van der Waals surface area (Å²) >= 11 is 1.50. The van der Waals surface area contributed by atoms with Gasteiger partial charge in [0.15, 0.2) is 6.29 Å². The van der Waals surface area contributed by atoms with Gasteiger partial charge in [-0.25, -0.2) is 0 Å². The summed E-state index contributed by atoms with van der Waals surface area (Å²) < 4.78 is 10.7. The van der Waals surface area contributed by atoms with Crippen LogP contribution in [0.4, 0.5) is 0 Å². The molecule has 0 saturated heterocycles. The van der Waals surface area contributed by atoms with Crippen LogP contribution < -0.4 is 11.1 Å². The van der Waals surface area contributed by atoms with Gasteiger partial charge in [0.05, 0.1) is 31.7 Å². The van der Waals surface area contributed by atoms with Crippen LogP contribution in [0.5, 0.6) is 0 Å². The smallest absolute Gasteiger partial charge is 0.426 e. The third kappa shape index (κ3) is 7.16. The van der Waals surface area contributed by atoms with Crippen LogP contribution >= 0.6 is 11.3 Å². The molecule has 0 unspecified atom stereocenters. The number of hydrogen-bond donors (Lipinski definition) is 5. The third-order valence-electron chi connectivity index (χ3n) is 3.75. The van der Waals surface area contributed by atoms with Crippen molar-refractivity contribution in [3.63, 3.8) is 0 Å². The number of aliphatic hydroxyl groups is 2. The van der Waals surface area contributed by atoms with Crippen molar-refractivity contribution in [2.75, 3.05) is 13.2 Å². The quantitative estimate of drug-likeness (QED) is 0.165. The molecule has 0 aliphatic carbocycles. The number of amides is 1. The van der Waals surface area contributed by atoms with E-state index in [9.17, 15) is 9.82 Å². The molecule has 10 heteroatoms. The second kappa shape index (κ2) is 10.8. The lowest BCUT2D eigenvalue weighted by Gasteiger charge is -2.21. The summed E-state index contributed by atoms with van der Waals surface area (Å²) in [6, 6.07) is 3.80. The second-order valence-corrected chi connectivity index (χ2v) is 7.26. The number of rotatable bonds is 9. The largest absolute Gasteiger partial charge is 0.478 e. The van der Waals surface area contributed by atoms with E-state index < -0.39 is 25.5 Å². The van der Waals surface area contributed by atoms with Crippen molar-refractivity contribution in [1.82, 2.24) is 5.32 Å². The molecule has 1 aromatic rings. The fourth-order valence-electron chi connectivity index (χ4n) is 2.55. The minimum atomic E-state index is -1.52. The summed E-state index contributed by atoms with van der Waals surface area (Å²) in [5.74, 6) is -0.810. The molecule has 8 nitrogen and oxygen atoms in total. The van der Waals surface area contributed by atoms with Gasteiger partial charge >= 0.3 is 7.12 Å². The molecule has 0 aromatic carbocycles. The van der Waals surface area contributed by atoms with Crippen LogP contribution in [0.3, 0.4) is 0 Å². The maximum absolute atomic E-state index is 12.2. The number of nitrogens with one attached hydrogen (secondary N) is 1. The molecule has 26 heavy (non-hydrogen) atoms. The summed E-state index contributed by atoms with van der Waals surface area (Å²) in [6.07, 6.45) is 1.83. The summed E-state index contributed by atoms with van der Waals surface area (Å²) in [6.45, 7) is 1.44. The van der Waals surface area contributed by atoms with Crippen LogP contribution in [-0.4, -0.2) is 59.7 Å². The zero-order chi connectivity index (χ0) is 18.9. The molecular weight excluding hydrogens is 359 g/mol. The Morgan fingerprint density at radius 3 is 2.96 bits per heavy atom. The van der Waals surface area contributed by atoms with Crippen molar-refractivity contribution in [3.05, 3.63) is 34.0 Å². The van der Waals surface area contributed by atoms with Gasteiger partial charge in [-0.3, -0.25) is 4.79 Å². The van der Waals surface area contributed by atoms with Crippen molar-refractivity contribution in [2.24, 2.45) is 5.73 Å². The van der Waals surface area contributed by atoms with Gasteiger partial charge in [-0.15, -0.1) is 11.3 Å². The highest BCUT2D eigenvalue weighted by Gasteiger charge is 2.32. The molecule has 0 spiro atoms. The maximum atomic E-state index is 12.2. The van der Waals surface area contributed by atoms with Crippen molar-refractivity contribution >= 4 is 24.4 Å². The first-order valence-electron chi connectivity index (χ1n) is 8.49. The molecule has 0 fully saturated rings. The zero-order valence-electron chi connectivity index (χ0n) is 14.4. The number of aliphatic hydroxyl groups excluding tert-OH is 1. The van der Waals surface area contributed by atoms with Crippen LogP contribution in [0.2, 0.25) is 0 Å². The van der Waals surface area contributed by atoms with Crippen LogP contribution in [-0.2, 0) is 27.2 Å². The van der Waals surface area contributed by atoms with E-state index in [1.165, 1.54) is 11.3 Å². The van der Waals surface area contributed by atoms with Crippen LogP contribution in [0, 0.1) is 0 Å². The average Bonchev–Trinajstić information content (AvgIpc) is 2.93. The van der Waals surface area contributed by atoms with Gasteiger partial charge < -0.3 is 35.7 Å². The van der Waals surface area contributed by atoms with Gasteiger partial charge in [0.1, 0.15) is 0 Å². The summed E-state index contributed by atoms with van der Waals surface area (Å²) in [7, 11) is -1.22. The molecule has 6 N–H and O–H groups in total. The van der Waals surface area contributed by atoms with E-state index in [4.69, 9.17) is 25.3 Å². The van der Waals surface area contributed by atoms with Crippen molar-refractivity contribution < 1.29 is 29.4 Å². The molecule has 2 heterocycles. The molecule has 0 radical (unpaired) electrons. The minimum Gasteiger partial charge on any atom is -0.426 e. The van der Waals surface area contributed by atoms with Gasteiger partial charge in [-0.1, -0.05) is 12.2 Å². The van der Waals surface area contributed by atoms with Gasteiger partial charge in [0.25, 0.3) is 0 Å². The van der Waals surface area contributed by atoms with Crippen LogP contribution in [0.25, 0.3) is 0 Å². The highest BCUT2D eigenvalue weighted by atomic mass is 32.1. The van der Waals surface area contributed by atoms with E-state index in [1.807, 2.05) is 12.1 Å². The van der Waals surface area contributed by atoms with E-state index in [0.29, 0.717) is 26.2 Å². The SMILES string of the molecule is NCCOCc1ccc(CC(=O)N[C@H]2CC=C[C@H](CC(O)O)OB2O)s1. The molecule has 2 atom stereocenters. The predicted molar refractivity (Wildman–Crippen MR) is 98.1 cm³/mol. The maximum Gasteiger partial charge on any atom is 0.478 e. The Balaban J connectivity index is 1.81. The first-order chi connectivity index (χ1) is 12.5. The van der Waals surface area contributed by atoms with Crippen molar-refractivity contribution in [3.8, 4) is 0 Å². The van der Waals surface area contributed by atoms with Crippen LogP contribution in [0.1, 0.15) is 22.6 Å². The van der Waals surface area contributed by atoms with E-state index in [-0.39, 0.29) is 18.7 Å². The highest BCUT2D eigenvalue weighted by Crippen LogP contribution is 2.18. The first kappa shape index (κ1) is 21.0. The van der Waals surface area contributed by atoms with Gasteiger partial charge in [-0.2, -0.15) is 0 Å². The monoisotopic (exact) mass is 384 g/mol. The molecule has 0 saturated carbocycles. The van der Waals surface area contributed by atoms with E-state index in [0.717, 1.165) is 9.75 Å². The number of carbonyl (C=O) groups excluding carboxylic acids is 1. The number of ether oxygens (including phenoxy) is 1. The molecule has 144 valence electrons. The molecule has 1 aromatic heterocycles. The lowest BCUT2D eigenvalue weighted by Crippen LogP contribution is -2.48. The topological polar surface area (TPSA) is 134 Å². The van der Waals surface area contributed by atoms with Crippen LogP contribution in [0.15, 0.2) is 24.3 Å². The number of thiophene rings is 1. The Bertz CT molecular complexity index is 597. The lowest BCUT2D eigenvalue weighted by molar-refractivity contribution is -0.120. The van der Waals surface area contributed by atoms with Gasteiger partial charge in [0, 0.05) is 22.7 Å². The Hall–Kier alpha value is -1.27. The number of nitrogens with two attached hydrogens (primary N) is 1. The van der Waals surface area contributed by atoms with Gasteiger partial charge in [-0.05, 0) is 18.6 Å². The molecule has 1 aliphatic heterocycles. The summed E-state index contributed by atoms with van der Waals surface area (Å²) in [5, 5.41) is 30.9. The molecular formula is C16H25BN2O6S.